The molecule has 0 aromatic heterocycles. The van der Waals surface area contributed by atoms with Crippen molar-refractivity contribution in [3.8, 4) is 0 Å². The number of guanidine groups is 1. The zero-order chi connectivity index (χ0) is 15.9. The molecule has 2 N–H and O–H groups in total. The molecule has 2 saturated heterocycles. The minimum Gasteiger partial charge on any atom is -0.354 e. The smallest absolute Gasteiger partial charge is 0.191 e. The van der Waals surface area contributed by atoms with Gasteiger partial charge in [0.2, 0.25) is 0 Å². The van der Waals surface area contributed by atoms with Gasteiger partial charge in [0.1, 0.15) is 0 Å². The maximum absolute atomic E-state index is 11.6. The minimum atomic E-state index is -2.80. The van der Waals surface area contributed by atoms with Crippen LogP contribution < -0.4 is 10.6 Å². The molecule has 2 heterocycles. The third kappa shape index (κ3) is 5.20. The lowest BCUT2D eigenvalue weighted by Gasteiger charge is -2.19. The Morgan fingerprint density at radius 1 is 1.04 bits per heavy atom. The molecule has 0 aromatic carbocycles. The summed E-state index contributed by atoms with van der Waals surface area (Å²) < 4.78 is 23.1. The monoisotopic (exact) mass is 468 g/mol. The molecular formula is C16H29IN4O2S. The molecular weight excluding hydrogens is 439 g/mol. The van der Waals surface area contributed by atoms with Crippen molar-refractivity contribution < 1.29 is 8.42 Å². The van der Waals surface area contributed by atoms with Gasteiger partial charge in [-0.25, -0.2) is 8.42 Å². The van der Waals surface area contributed by atoms with Gasteiger partial charge in [0.25, 0.3) is 0 Å². The SMILES string of the molecule is I.O=S1(=O)CCC(CN=C(NC2CC2)NC2CCN(C3CC3)C2)C1. The number of rotatable bonds is 5. The average molecular weight is 468 g/mol. The molecule has 2 unspecified atom stereocenters. The molecule has 2 aliphatic carbocycles. The van der Waals surface area contributed by atoms with Crippen LogP contribution in [0.4, 0.5) is 0 Å². The fourth-order valence-electron chi connectivity index (χ4n) is 3.66. The van der Waals surface area contributed by atoms with Gasteiger partial charge in [-0.05, 0) is 44.4 Å². The Labute approximate surface area is 162 Å². The van der Waals surface area contributed by atoms with Crippen LogP contribution in [-0.2, 0) is 9.84 Å². The predicted octanol–water partition coefficient (Wildman–Crippen LogP) is 0.973. The lowest BCUT2D eigenvalue weighted by molar-refractivity contribution is 0.321. The van der Waals surface area contributed by atoms with E-state index < -0.39 is 9.84 Å². The summed E-state index contributed by atoms with van der Waals surface area (Å²) in [6.45, 7) is 2.94. The summed E-state index contributed by atoms with van der Waals surface area (Å²) in [6.07, 6.45) is 7.12. The highest BCUT2D eigenvalue weighted by Gasteiger charge is 2.35. The molecule has 0 bridgehead atoms. The summed E-state index contributed by atoms with van der Waals surface area (Å²) in [5.41, 5.74) is 0. The van der Waals surface area contributed by atoms with Crippen molar-refractivity contribution in [3.05, 3.63) is 0 Å². The van der Waals surface area contributed by atoms with Gasteiger partial charge >= 0.3 is 0 Å². The standard InChI is InChI=1S/C16H28N4O2S.HI/c21-23(22)8-6-12(11-23)9-17-16(18-13-1-2-13)19-14-5-7-20(10-14)15-3-4-15;/h12-15H,1-11H2,(H2,17,18,19);1H. The number of sulfone groups is 1. The normalized spacial score (nSPS) is 33.2. The van der Waals surface area contributed by atoms with Crippen LogP contribution in [0.15, 0.2) is 4.99 Å². The second-order valence-electron chi connectivity index (χ2n) is 7.73. The largest absolute Gasteiger partial charge is 0.354 e. The van der Waals surface area contributed by atoms with Gasteiger partial charge in [-0.2, -0.15) is 0 Å². The summed E-state index contributed by atoms with van der Waals surface area (Å²) in [5.74, 6) is 1.75. The van der Waals surface area contributed by atoms with E-state index in [0.29, 0.717) is 30.1 Å². The van der Waals surface area contributed by atoms with E-state index in [1.165, 1.54) is 38.6 Å². The number of likely N-dealkylation sites (tertiary alicyclic amines) is 1. The van der Waals surface area contributed by atoms with Crippen LogP contribution >= 0.6 is 24.0 Å². The van der Waals surface area contributed by atoms with E-state index in [2.05, 4.69) is 15.5 Å². The van der Waals surface area contributed by atoms with Gasteiger partial charge in [0.05, 0.1) is 11.5 Å². The maximum Gasteiger partial charge on any atom is 0.191 e. The minimum absolute atomic E-state index is 0. The summed E-state index contributed by atoms with van der Waals surface area (Å²) in [6, 6.07) is 1.88. The Balaban J connectivity index is 0.00000169. The number of aliphatic imine (C=N–C) groups is 1. The van der Waals surface area contributed by atoms with Crippen LogP contribution in [0.25, 0.3) is 0 Å². The zero-order valence-corrected chi connectivity index (χ0v) is 17.3. The van der Waals surface area contributed by atoms with Crippen LogP contribution in [0, 0.1) is 5.92 Å². The van der Waals surface area contributed by atoms with Gasteiger partial charge in [-0.1, -0.05) is 0 Å². The van der Waals surface area contributed by atoms with E-state index in [4.69, 9.17) is 4.99 Å². The van der Waals surface area contributed by atoms with Crippen LogP contribution in [0.5, 0.6) is 0 Å². The van der Waals surface area contributed by atoms with E-state index in [-0.39, 0.29) is 29.9 Å². The molecule has 138 valence electrons. The molecule has 0 amide bonds. The number of nitrogens with one attached hydrogen (secondary N) is 2. The first-order chi connectivity index (χ1) is 11.1. The van der Waals surface area contributed by atoms with Crippen molar-refractivity contribution in [1.82, 2.24) is 15.5 Å². The van der Waals surface area contributed by atoms with Crippen molar-refractivity contribution in [2.45, 2.75) is 56.7 Å². The highest BCUT2D eigenvalue weighted by Crippen LogP contribution is 2.29. The molecule has 4 fully saturated rings. The molecule has 6 nitrogen and oxygen atoms in total. The summed E-state index contributed by atoms with van der Waals surface area (Å²) >= 11 is 0. The van der Waals surface area contributed by atoms with E-state index in [1.54, 1.807) is 0 Å². The van der Waals surface area contributed by atoms with Crippen LogP contribution in [0.2, 0.25) is 0 Å². The lowest BCUT2D eigenvalue weighted by Crippen LogP contribution is -2.45. The van der Waals surface area contributed by atoms with E-state index in [0.717, 1.165) is 25.0 Å². The molecule has 2 aliphatic heterocycles. The van der Waals surface area contributed by atoms with Gasteiger partial charge in [0, 0.05) is 37.8 Å². The Kier molecular flexibility index (Phi) is 5.96. The fraction of sp³-hybridized carbons (Fsp3) is 0.938. The number of hydrogen-bond acceptors (Lipinski definition) is 4. The fourth-order valence-corrected chi connectivity index (χ4v) is 5.51. The summed E-state index contributed by atoms with van der Waals surface area (Å²) in [5, 5.41) is 7.09. The van der Waals surface area contributed by atoms with Crippen LogP contribution in [0.1, 0.15) is 38.5 Å². The van der Waals surface area contributed by atoms with E-state index >= 15 is 0 Å². The zero-order valence-electron chi connectivity index (χ0n) is 14.1. The molecule has 0 spiro atoms. The third-order valence-electron chi connectivity index (χ3n) is 5.38. The highest BCUT2D eigenvalue weighted by atomic mass is 127. The third-order valence-corrected chi connectivity index (χ3v) is 7.21. The van der Waals surface area contributed by atoms with Crippen LogP contribution in [-0.4, -0.2) is 68.5 Å². The summed E-state index contributed by atoms with van der Waals surface area (Å²) in [7, 11) is -2.80. The Morgan fingerprint density at radius 2 is 1.79 bits per heavy atom. The first kappa shape index (κ1) is 18.7. The second kappa shape index (κ2) is 7.65. The van der Waals surface area contributed by atoms with Gasteiger partial charge < -0.3 is 10.6 Å². The van der Waals surface area contributed by atoms with Gasteiger partial charge in [-0.3, -0.25) is 9.89 Å². The van der Waals surface area contributed by atoms with Crippen molar-refractivity contribution in [1.29, 1.82) is 0 Å². The molecule has 2 atom stereocenters. The molecule has 4 aliphatic rings. The Hall–Kier alpha value is -0.0900. The summed E-state index contributed by atoms with van der Waals surface area (Å²) in [4.78, 5) is 7.31. The first-order valence-electron chi connectivity index (χ1n) is 9.09. The molecule has 8 heteroatoms. The number of nitrogens with zero attached hydrogens (tertiary/aromatic N) is 2. The predicted molar refractivity (Wildman–Crippen MR) is 107 cm³/mol. The number of halogens is 1. The topological polar surface area (TPSA) is 73.8 Å². The molecule has 0 radical (unpaired) electrons. The molecule has 0 aromatic rings. The highest BCUT2D eigenvalue weighted by molar-refractivity contribution is 14.0. The van der Waals surface area contributed by atoms with Gasteiger partial charge in [0.15, 0.2) is 15.8 Å². The van der Waals surface area contributed by atoms with E-state index in [9.17, 15) is 8.42 Å². The van der Waals surface area contributed by atoms with Crippen molar-refractivity contribution in [2.75, 3.05) is 31.1 Å². The maximum atomic E-state index is 11.6. The quantitative estimate of drug-likeness (QED) is 0.358. The second-order valence-corrected chi connectivity index (χ2v) is 9.96. The molecule has 2 saturated carbocycles. The van der Waals surface area contributed by atoms with Crippen molar-refractivity contribution in [2.24, 2.45) is 10.9 Å². The number of hydrogen-bond donors (Lipinski definition) is 2. The van der Waals surface area contributed by atoms with Crippen molar-refractivity contribution >= 4 is 39.8 Å². The Morgan fingerprint density at radius 3 is 2.42 bits per heavy atom. The first-order valence-corrected chi connectivity index (χ1v) is 10.9. The molecule has 24 heavy (non-hydrogen) atoms. The van der Waals surface area contributed by atoms with Crippen LogP contribution in [0.3, 0.4) is 0 Å². The van der Waals surface area contributed by atoms with Gasteiger partial charge in [-0.15, -0.1) is 24.0 Å². The molecule has 4 rings (SSSR count). The van der Waals surface area contributed by atoms with E-state index in [1.807, 2.05) is 0 Å². The van der Waals surface area contributed by atoms with Crippen molar-refractivity contribution in [3.63, 3.8) is 0 Å². The average Bonchev–Trinajstić information content (AvgIpc) is 3.42. The Bertz CT molecular complexity index is 575. The lowest BCUT2D eigenvalue weighted by atomic mass is 10.1.